The molecule has 0 saturated carbocycles. The summed E-state index contributed by atoms with van der Waals surface area (Å²) in [6, 6.07) is 27.5. The van der Waals surface area contributed by atoms with Crippen molar-refractivity contribution in [3.63, 3.8) is 0 Å². The van der Waals surface area contributed by atoms with Crippen molar-refractivity contribution in [2.75, 3.05) is 0 Å². The molecule has 0 amide bonds. The van der Waals surface area contributed by atoms with E-state index in [-0.39, 0.29) is 0 Å². The SMILES string of the molecule is CC(C)OC(=O)C1OP(=O)(C(c2ccccc2)(c2ccccc2)c2ccccc2)OC1C(=O)OC(C)C. The first-order valence-electron chi connectivity index (χ1n) is 12.2. The van der Waals surface area contributed by atoms with E-state index in [2.05, 4.69) is 0 Å². The van der Waals surface area contributed by atoms with Gasteiger partial charge in [0.2, 0.25) is 12.2 Å². The molecular formula is C29H31O7P. The number of ether oxygens (including phenoxy) is 2. The first kappa shape index (κ1) is 26.8. The third-order valence-electron chi connectivity index (χ3n) is 5.93. The van der Waals surface area contributed by atoms with Gasteiger partial charge in [-0.3, -0.25) is 13.6 Å². The maximum atomic E-state index is 15.2. The average Bonchev–Trinajstić information content (AvgIpc) is 3.25. The Bertz CT molecular complexity index is 1130. The Morgan fingerprint density at radius 3 is 1.22 bits per heavy atom. The minimum Gasteiger partial charge on any atom is -0.461 e. The summed E-state index contributed by atoms with van der Waals surface area (Å²) in [5, 5.41) is -1.50. The summed E-state index contributed by atoms with van der Waals surface area (Å²) in [6.07, 6.45) is -4.12. The van der Waals surface area contributed by atoms with E-state index in [0.717, 1.165) is 0 Å². The second kappa shape index (κ2) is 11.0. The van der Waals surface area contributed by atoms with Gasteiger partial charge in [0.05, 0.1) is 12.2 Å². The van der Waals surface area contributed by atoms with Crippen molar-refractivity contribution in [1.29, 1.82) is 0 Å². The highest BCUT2D eigenvalue weighted by Gasteiger charge is 2.64. The van der Waals surface area contributed by atoms with E-state index in [1.807, 2.05) is 91.0 Å². The number of hydrogen-bond acceptors (Lipinski definition) is 7. The van der Waals surface area contributed by atoms with Crippen LogP contribution in [0.5, 0.6) is 0 Å². The lowest BCUT2D eigenvalue weighted by atomic mass is 9.84. The average molecular weight is 523 g/mol. The van der Waals surface area contributed by atoms with Gasteiger partial charge in [-0.25, -0.2) is 9.59 Å². The fourth-order valence-corrected chi connectivity index (χ4v) is 7.29. The smallest absolute Gasteiger partial charge is 0.351 e. The number of carbonyl (C=O) groups excluding carboxylic acids is 2. The standard InChI is InChI=1S/C29H31O7P/c1-20(2)33-27(30)25-26(28(31)34-21(3)4)36-37(32,35-25)29(22-14-8-5-9-15-22,23-16-10-6-11-17-23)24-18-12-7-13-19-24/h5-21,25-26H,1-4H3. The third kappa shape index (κ3) is 5.12. The van der Waals surface area contributed by atoms with Crippen LogP contribution < -0.4 is 0 Å². The van der Waals surface area contributed by atoms with Crippen LogP contribution in [-0.2, 0) is 37.8 Å². The Morgan fingerprint density at radius 1 is 0.649 bits per heavy atom. The lowest BCUT2D eigenvalue weighted by Crippen LogP contribution is -2.40. The molecule has 1 saturated heterocycles. The van der Waals surface area contributed by atoms with Gasteiger partial charge in [-0.15, -0.1) is 0 Å². The molecule has 37 heavy (non-hydrogen) atoms. The summed E-state index contributed by atoms with van der Waals surface area (Å²) in [4.78, 5) is 26.2. The quantitative estimate of drug-likeness (QED) is 0.208. The molecule has 1 heterocycles. The summed E-state index contributed by atoms with van der Waals surface area (Å²) < 4.78 is 38.1. The van der Waals surface area contributed by atoms with Crippen LogP contribution in [0.15, 0.2) is 91.0 Å². The van der Waals surface area contributed by atoms with Gasteiger partial charge in [0.1, 0.15) is 5.16 Å². The Kier molecular flexibility index (Phi) is 7.98. The molecule has 4 rings (SSSR count). The molecule has 194 valence electrons. The fraction of sp³-hybridized carbons (Fsp3) is 0.310. The zero-order valence-electron chi connectivity index (χ0n) is 21.3. The highest BCUT2D eigenvalue weighted by Crippen LogP contribution is 2.74. The van der Waals surface area contributed by atoms with Crippen LogP contribution in [0, 0.1) is 0 Å². The van der Waals surface area contributed by atoms with Gasteiger partial charge in [0, 0.05) is 0 Å². The summed E-state index contributed by atoms with van der Waals surface area (Å²) >= 11 is 0. The molecule has 8 heteroatoms. The van der Waals surface area contributed by atoms with Crippen molar-refractivity contribution in [2.45, 2.75) is 57.3 Å². The molecule has 1 aliphatic heterocycles. The zero-order valence-corrected chi connectivity index (χ0v) is 22.2. The minimum absolute atomic E-state index is 0.486. The Morgan fingerprint density at radius 2 is 0.946 bits per heavy atom. The predicted octanol–water partition coefficient (Wildman–Crippen LogP) is 5.86. The van der Waals surface area contributed by atoms with Crippen LogP contribution in [0.3, 0.4) is 0 Å². The number of rotatable bonds is 8. The largest absolute Gasteiger partial charge is 0.461 e. The molecule has 2 unspecified atom stereocenters. The first-order valence-corrected chi connectivity index (χ1v) is 13.8. The maximum Gasteiger partial charge on any atom is 0.351 e. The lowest BCUT2D eigenvalue weighted by Gasteiger charge is -2.38. The molecule has 1 fully saturated rings. The lowest BCUT2D eigenvalue weighted by molar-refractivity contribution is -0.167. The van der Waals surface area contributed by atoms with Gasteiger partial charge in [0.25, 0.3) is 0 Å². The number of carbonyl (C=O) groups is 2. The number of benzene rings is 3. The highest BCUT2D eigenvalue weighted by molar-refractivity contribution is 7.56. The highest BCUT2D eigenvalue weighted by atomic mass is 31.2. The van der Waals surface area contributed by atoms with Crippen molar-refractivity contribution in [1.82, 2.24) is 0 Å². The predicted molar refractivity (Wildman–Crippen MR) is 139 cm³/mol. The number of esters is 2. The van der Waals surface area contributed by atoms with Crippen molar-refractivity contribution in [2.24, 2.45) is 0 Å². The Balaban J connectivity index is 1.98. The fourth-order valence-electron chi connectivity index (χ4n) is 4.54. The normalized spacial score (nSPS) is 21.7. The van der Waals surface area contributed by atoms with E-state index in [9.17, 15) is 9.59 Å². The van der Waals surface area contributed by atoms with Crippen LogP contribution in [0.2, 0.25) is 0 Å². The van der Waals surface area contributed by atoms with Crippen LogP contribution in [0.25, 0.3) is 0 Å². The molecule has 0 aliphatic carbocycles. The maximum absolute atomic E-state index is 15.2. The topological polar surface area (TPSA) is 88.1 Å². The zero-order chi connectivity index (χ0) is 26.6. The molecule has 2 atom stereocenters. The summed E-state index contributed by atoms with van der Waals surface area (Å²) in [5.41, 5.74) is 1.85. The van der Waals surface area contributed by atoms with E-state index in [1.165, 1.54) is 0 Å². The molecule has 3 aromatic carbocycles. The monoisotopic (exact) mass is 522 g/mol. The van der Waals surface area contributed by atoms with Gasteiger partial charge in [0.15, 0.2) is 0 Å². The molecule has 0 radical (unpaired) electrons. The Hall–Kier alpha value is -3.25. The van der Waals surface area contributed by atoms with E-state index in [1.54, 1.807) is 27.7 Å². The third-order valence-corrected chi connectivity index (χ3v) is 8.54. The van der Waals surface area contributed by atoms with Crippen molar-refractivity contribution >= 4 is 19.5 Å². The molecule has 0 bridgehead atoms. The molecule has 1 aliphatic rings. The first-order chi connectivity index (χ1) is 17.7. The van der Waals surface area contributed by atoms with E-state index >= 15 is 4.57 Å². The summed E-state index contributed by atoms with van der Waals surface area (Å²) in [6.45, 7) is 6.71. The van der Waals surface area contributed by atoms with Crippen LogP contribution in [-0.4, -0.2) is 36.4 Å². The summed E-state index contributed by atoms with van der Waals surface area (Å²) in [5.74, 6) is -1.69. The van der Waals surface area contributed by atoms with Gasteiger partial charge in [-0.05, 0) is 44.4 Å². The van der Waals surface area contributed by atoms with Crippen molar-refractivity contribution < 1.29 is 32.7 Å². The second-order valence-electron chi connectivity index (χ2n) is 9.33. The van der Waals surface area contributed by atoms with Crippen molar-refractivity contribution in [3.8, 4) is 0 Å². The van der Waals surface area contributed by atoms with Crippen LogP contribution >= 0.6 is 7.60 Å². The van der Waals surface area contributed by atoms with Crippen molar-refractivity contribution in [3.05, 3.63) is 108 Å². The van der Waals surface area contributed by atoms with E-state index in [4.69, 9.17) is 18.5 Å². The van der Waals surface area contributed by atoms with Crippen LogP contribution in [0.1, 0.15) is 44.4 Å². The Labute approximate surface area is 217 Å². The van der Waals surface area contributed by atoms with Gasteiger partial charge < -0.3 is 9.47 Å². The van der Waals surface area contributed by atoms with E-state index in [0.29, 0.717) is 16.7 Å². The van der Waals surface area contributed by atoms with Crippen LogP contribution in [0.4, 0.5) is 0 Å². The second-order valence-corrected chi connectivity index (χ2v) is 11.4. The van der Waals surface area contributed by atoms with E-state index < -0.39 is 49.1 Å². The molecule has 0 aromatic heterocycles. The minimum atomic E-state index is -4.39. The molecule has 0 N–H and O–H groups in total. The molecular weight excluding hydrogens is 491 g/mol. The number of hydrogen-bond donors (Lipinski definition) is 0. The van der Waals surface area contributed by atoms with Gasteiger partial charge >= 0.3 is 19.5 Å². The van der Waals surface area contributed by atoms with Gasteiger partial charge in [-0.2, -0.15) is 0 Å². The van der Waals surface area contributed by atoms with Gasteiger partial charge in [-0.1, -0.05) is 91.0 Å². The summed E-state index contributed by atoms with van der Waals surface area (Å²) in [7, 11) is -4.39. The molecule has 7 nitrogen and oxygen atoms in total. The molecule has 0 spiro atoms. The molecule has 3 aromatic rings.